The second-order valence-electron chi connectivity index (χ2n) is 6.87. The Balaban J connectivity index is 0.000000385. The van der Waals surface area contributed by atoms with Crippen molar-refractivity contribution in [3.63, 3.8) is 0 Å². The normalized spacial score (nSPS) is 16.0. The summed E-state index contributed by atoms with van der Waals surface area (Å²) in [5, 5.41) is 9.96. The molecule has 1 heterocycles. The van der Waals surface area contributed by atoms with E-state index in [1.807, 2.05) is 12.1 Å². The van der Waals surface area contributed by atoms with E-state index in [1.54, 1.807) is 18.2 Å². The molecule has 0 aliphatic carbocycles. The van der Waals surface area contributed by atoms with Gasteiger partial charge >= 0.3 is 0 Å². The third kappa shape index (κ3) is 8.83. The van der Waals surface area contributed by atoms with E-state index in [2.05, 4.69) is 11.8 Å². The Morgan fingerprint density at radius 2 is 1.52 bits per heavy atom. The molecule has 2 nitrogen and oxygen atoms in total. The fourth-order valence-corrected chi connectivity index (χ4v) is 3.26. The lowest BCUT2D eigenvalue weighted by Gasteiger charge is -2.35. The molecule has 2 aromatic carbocycles. The number of benzene rings is 2. The number of piperidine rings is 1. The van der Waals surface area contributed by atoms with Crippen molar-refractivity contribution in [2.75, 3.05) is 13.1 Å². The van der Waals surface area contributed by atoms with Gasteiger partial charge in [-0.3, -0.25) is 4.90 Å². The lowest BCUT2D eigenvalue weighted by Crippen LogP contribution is -2.41. The molecular weight excluding hydrogens is 368 g/mol. The number of halogens is 3. The van der Waals surface area contributed by atoms with Gasteiger partial charge in [0.15, 0.2) is 0 Å². The molecule has 3 rings (SSSR count). The molecule has 1 unspecified atom stereocenters. The highest BCUT2D eigenvalue weighted by molar-refractivity contribution is 5.85. The molecule has 27 heavy (non-hydrogen) atoms. The standard InChI is InChI=1S/C16H24FNO.C6H5F.ClH/c1-2-3-16(19)18-10-8-14(9-11-18)12-13-4-6-15(17)7-5-13;7-6-4-2-1-3-5-6;/h4-7,14,16,19H,2-3,8-12H2,1H3;1-5H;1H. The summed E-state index contributed by atoms with van der Waals surface area (Å²) >= 11 is 0. The molecule has 1 fully saturated rings. The van der Waals surface area contributed by atoms with Crippen molar-refractivity contribution >= 4 is 12.4 Å². The zero-order valence-electron chi connectivity index (χ0n) is 15.9. The molecule has 1 aliphatic heterocycles. The predicted molar refractivity (Wildman–Crippen MR) is 109 cm³/mol. The molecule has 2 aromatic rings. The first-order valence-electron chi connectivity index (χ1n) is 9.45. The van der Waals surface area contributed by atoms with E-state index in [4.69, 9.17) is 0 Å². The number of aliphatic hydroxyl groups is 1. The maximum absolute atomic E-state index is 12.8. The molecule has 1 N–H and O–H groups in total. The fourth-order valence-electron chi connectivity index (χ4n) is 3.26. The largest absolute Gasteiger partial charge is 0.378 e. The van der Waals surface area contributed by atoms with Crippen LogP contribution in [0.2, 0.25) is 0 Å². The minimum absolute atomic E-state index is 0. The van der Waals surface area contributed by atoms with Crippen LogP contribution in [-0.2, 0) is 6.42 Å². The maximum atomic E-state index is 12.8. The Hall–Kier alpha value is -1.49. The lowest BCUT2D eigenvalue weighted by atomic mass is 9.90. The van der Waals surface area contributed by atoms with E-state index in [9.17, 15) is 13.9 Å². The molecule has 1 saturated heterocycles. The first kappa shape index (κ1) is 23.5. The van der Waals surface area contributed by atoms with Crippen molar-refractivity contribution in [2.45, 2.75) is 45.3 Å². The van der Waals surface area contributed by atoms with Gasteiger partial charge in [0, 0.05) is 13.1 Å². The molecule has 0 aromatic heterocycles. The van der Waals surface area contributed by atoms with Crippen LogP contribution in [-0.4, -0.2) is 29.3 Å². The Morgan fingerprint density at radius 1 is 0.963 bits per heavy atom. The van der Waals surface area contributed by atoms with Crippen LogP contribution in [0.5, 0.6) is 0 Å². The number of hydrogen-bond acceptors (Lipinski definition) is 2. The topological polar surface area (TPSA) is 23.5 Å². The zero-order valence-corrected chi connectivity index (χ0v) is 16.7. The number of rotatable bonds is 5. The van der Waals surface area contributed by atoms with Gasteiger partial charge in [-0.05, 0) is 61.4 Å². The summed E-state index contributed by atoms with van der Waals surface area (Å²) in [6.45, 7) is 4.06. The number of hydrogen-bond donors (Lipinski definition) is 1. The highest BCUT2D eigenvalue weighted by Crippen LogP contribution is 2.23. The van der Waals surface area contributed by atoms with Crippen LogP contribution in [0.3, 0.4) is 0 Å². The van der Waals surface area contributed by atoms with Crippen LogP contribution >= 0.6 is 12.4 Å². The summed E-state index contributed by atoms with van der Waals surface area (Å²) in [6.07, 6.45) is 4.89. The van der Waals surface area contributed by atoms with Gasteiger partial charge in [0.1, 0.15) is 17.9 Å². The molecule has 0 bridgehead atoms. The van der Waals surface area contributed by atoms with Crippen molar-refractivity contribution in [3.05, 3.63) is 71.8 Å². The van der Waals surface area contributed by atoms with Crippen LogP contribution < -0.4 is 0 Å². The van der Waals surface area contributed by atoms with Gasteiger partial charge in [0.2, 0.25) is 0 Å². The van der Waals surface area contributed by atoms with Crippen molar-refractivity contribution in [3.8, 4) is 0 Å². The molecule has 0 amide bonds. The second kappa shape index (κ2) is 12.8. The van der Waals surface area contributed by atoms with Gasteiger partial charge in [-0.1, -0.05) is 43.7 Å². The van der Waals surface area contributed by atoms with Gasteiger partial charge in [-0.2, -0.15) is 0 Å². The van der Waals surface area contributed by atoms with Crippen LogP contribution in [0.4, 0.5) is 8.78 Å². The average Bonchev–Trinajstić information content (AvgIpc) is 2.66. The van der Waals surface area contributed by atoms with E-state index in [-0.39, 0.29) is 30.3 Å². The summed E-state index contributed by atoms with van der Waals surface area (Å²) in [7, 11) is 0. The van der Waals surface area contributed by atoms with Gasteiger partial charge in [0.25, 0.3) is 0 Å². The van der Waals surface area contributed by atoms with Gasteiger partial charge in [-0.15, -0.1) is 12.4 Å². The third-order valence-electron chi connectivity index (χ3n) is 4.79. The van der Waals surface area contributed by atoms with Crippen molar-refractivity contribution < 1.29 is 13.9 Å². The smallest absolute Gasteiger partial charge is 0.123 e. The molecular formula is C22H30ClF2NO. The number of nitrogens with zero attached hydrogens (tertiary/aromatic N) is 1. The first-order valence-corrected chi connectivity index (χ1v) is 9.45. The maximum Gasteiger partial charge on any atom is 0.123 e. The monoisotopic (exact) mass is 397 g/mol. The van der Waals surface area contributed by atoms with Crippen molar-refractivity contribution in [1.82, 2.24) is 4.90 Å². The highest BCUT2D eigenvalue weighted by Gasteiger charge is 2.23. The SMILES string of the molecule is CCCC(O)N1CCC(Cc2ccc(F)cc2)CC1.Cl.Fc1ccccc1. The Bertz CT molecular complexity index is 616. The fraction of sp³-hybridized carbons (Fsp3) is 0.455. The zero-order chi connectivity index (χ0) is 18.8. The van der Waals surface area contributed by atoms with Gasteiger partial charge in [-0.25, -0.2) is 8.78 Å². The molecule has 1 aliphatic rings. The molecule has 1 atom stereocenters. The summed E-state index contributed by atoms with van der Waals surface area (Å²) in [6, 6.07) is 14.8. The van der Waals surface area contributed by atoms with Crippen LogP contribution in [0, 0.1) is 17.6 Å². The van der Waals surface area contributed by atoms with E-state index in [1.165, 1.54) is 29.8 Å². The third-order valence-corrected chi connectivity index (χ3v) is 4.79. The Labute approximate surface area is 167 Å². The van der Waals surface area contributed by atoms with Gasteiger partial charge < -0.3 is 5.11 Å². The van der Waals surface area contributed by atoms with E-state index >= 15 is 0 Å². The summed E-state index contributed by atoms with van der Waals surface area (Å²) < 4.78 is 24.8. The Kier molecular flexibility index (Phi) is 11.2. The molecule has 5 heteroatoms. The van der Waals surface area contributed by atoms with Crippen LogP contribution in [0.25, 0.3) is 0 Å². The molecule has 0 spiro atoms. The van der Waals surface area contributed by atoms with Gasteiger partial charge in [0.05, 0.1) is 0 Å². The number of aliphatic hydroxyl groups excluding tert-OH is 1. The van der Waals surface area contributed by atoms with E-state index in [0.29, 0.717) is 5.92 Å². The second-order valence-corrected chi connectivity index (χ2v) is 6.87. The molecule has 0 saturated carbocycles. The van der Waals surface area contributed by atoms with Crippen molar-refractivity contribution in [2.24, 2.45) is 5.92 Å². The first-order chi connectivity index (χ1) is 12.6. The number of likely N-dealkylation sites (tertiary alicyclic amines) is 1. The van der Waals surface area contributed by atoms with E-state index < -0.39 is 0 Å². The molecule has 0 radical (unpaired) electrons. The predicted octanol–water partition coefficient (Wildman–Crippen LogP) is 5.45. The van der Waals surface area contributed by atoms with Crippen LogP contribution in [0.15, 0.2) is 54.6 Å². The Morgan fingerprint density at radius 3 is 2.00 bits per heavy atom. The van der Waals surface area contributed by atoms with Crippen molar-refractivity contribution in [1.29, 1.82) is 0 Å². The molecule has 150 valence electrons. The summed E-state index contributed by atoms with van der Waals surface area (Å²) in [4.78, 5) is 2.19. The summed E-state index contributed by atoms with van der Waals surface area (Å²) in [5.74, 6) is 0.319. The van der Waals surface area contributed by atoms with E-state index in [0.717, 1.165) is 45.2 Å². The summed E-state index contributed by atoms with van der Waals surface area (Å²) in [5.41, 5.74) is 1.22. The van der Waals surface area contributed by atoms with Crippen LogP contribution in [0.1, 0.15) is 38.2 Å². The average molecular weight is 398 g/mol. The quantitative estimate of drug-likeness (QED) is 0.725. The minimum atomic E-state index is -0.267. The highest BCUT2D eigenvalue weighted by atomic mass is 35.5. The lowest BCUT2D eigenvalue weighted by molar-refractivity contribution is -0.0221. The minimum Gasteiger partial charge on any atom is -0.378 e.